The second-order valence-electron chi connectivity index (χ2n) is 5.41. The van der Waals surface area contributed by atoms with Gasteiger partial charge < -0.3 is 25.0 Å². The summed E-state index contributed by atoms with van der Waals surface area (Å²) in [6.45, 7) is 2.25. The summed E-state index contributed by atoms with van der Waals surface area (Å²) in [6.07, 6.45) is 2.31. The van der Waals surface area contributed by atoms with Gasteiger partial charge in [0.25, 0.3) is 0 Å². The molecule has 5 nitrogen and oxygen atoms in total. The maximum absolute atomic E-state index is 6.17. The minimum absolute atomic E-state index is 0.520. The second-order valence-corrected chi connectivity index (χ2v) is 5.41. The van der Waals surface area contributed by atoms with Gasteiger partial charge in [-0.05, 0) is 33.0 Å². The van der Waals surface area contributed by atoms with E-state index in [0.717, 1.165) is 43.1 Å². The van der Waals surface area contributed by atoms with Crippen molar-refractivity contribution in [1.29, 1.82) is 0 Å². The summed E-state index contributed by atoms with van der Waals surface area (Å²) in [5.41, 5.74) is 7.91. The molecular weight excluding hydrogens is 254 g/mol. The van der Waals surface area contributed by atoms with Crippen molar-refractivity contribution < 1.29 is 9.47 Å². The third kappa shape index (κ3) is 2.93. The van der Waals surface area contributed by atoms with Gasteiger partial charge in [0.1, 0.15) is 0 Å². The number of anilines is 2. The molecule has 0 radical (unpaired) electrons. The molecule has 0 saturated carbocycles. The Morgan fingerprint density at radius 1 is 1.15 bits per heavy atom. The van der Waals surface area contributed by atoms with E-state index in [9.17, 15) is 0 Å². The average molecular weight is 279 g/mol. The number of nitrogens with two attached hydrogens (primary N) is 1. The number of likely N-dealkylation sites (tertiary alicyclic amines) is 1. The van der Waals surface area contributed by atoms with E-state index in [1.54, 1.807) is 14.2 Å². The van der Waals surface area contributed by atoms with Crippen molar-refractivity contribution in [3.8, 4) is 11.5 Å². The fourth-order valence-electron chi connectivity index (χ4n) is 2.77. The number of benzene rings is 1. The second kappa shape index (κ2) is 6.22. The summed E-state index contributed by atoms with van der Waals surface area (Å²) >= 11 is 0. The summed E-state index contributed by atoms with van der Waals surface area (Å²) in [4.78, 5) is 4.63. The maximum atomic E-state index is 6.17. The molecule has 0 unspecified atom stereocenters. The molecule has 0 aliphatic carbocycles. The first-order chi connectivity index (χ1) is 9.56. The third-order valence-corrected chi connectivity index (χ3v) is 4.15. The molecule has 112 valence electrons. The number of nitrogens with zero attached hydrogens (tertiary/aromatic N) is 2. The molecule has 0 atom stereocenters. The van der Waals surface area contributed by atoms with Crippen LogP contribution in [-0.2, 0) is 0 Å². The van der Waals surface area contributed by atoms with Crippen LogP contribution in [0.2, 0.25) is 0 Å². The van der Waals surface area contributed by atoms with E-state index in [4.69, 9.17) is 15.2 Å². The summed E-state index contributed by atoms with van der Waals surface area (Å²) in [5.74, 6) is 1.39. The molecule has 2 rings (SSSR count). The molecule has 1 aromatic rings. The van der Waals surface area contributed by atoms with Crippen LogP contribution < -0.4 is 20.1 Å². The van der Waals surface area contributed by atoms with Crippen LogP contribution in [0.15, 0.2) is 12.1 Å². The van der Waals surface area contributed by atoms with Crippen LogP contribution in [0.3, 0.4) is 0 Å². The number of hydrogen-bond acceptors (Lipinski definition) is 5. The van der Waals surface area contributed by atoms with Crippen molar-refractivity contribution in [1.82, 2.24) is 4.90 Å². The van der Waals surface area contributed by atoms with Crippen LogP contribution in [0.1, 0.15) is 12.8 Å². The summed E-state index contributed by atoms with van der Waals surface area (Å²) in [7, 11) is 7.54. The number of ether oxygens (including phenoxy) is 2. The number of methoxy groups -OCH3 is 2. The monoisotopic (exact) mass is 279 g/mol. The quantitative estimate of drug-likeness (QED) is 0.852. The molecule has 1 fully saturated rings. The van der Waals surface area contributed by atoms with Gasteiger partial charge in [-0.15, -0.1) is 0 Å². The lowest BCUT2D eigenvalue weighted by Crippen LogP contribution is -2.42. The molecule has 1 aliphatic heterocycles. The number of nitrogen functional groups attached to an aromatic ring is 1. The Morgan fingerprint density at radius 3 is 2.25 bits per heavy atom. The first-order valence-electron chi connectivity index (χ1n) is 6.99. The van der Waals surface area contributed by atoms with Crippen molar-refractivity contribution in [3.05, 3.63) is 12.1 Å². The molecule has 0 amide bonds. The zero-order valence-corrected chi connectivity index (χ0v) is 12.8. The lowest BCUT2D eigenvalue weighted by atomic mass is 10.0. The predicted molar refractivity (Wildman–Crippen MR) is 82.9 cm³/mol. The fraction of sp³-hybridized carbons (Fsp3) is 0.600. The minimum atomic E-state index is 0.520. The molecule has 0 bridgehead atoms. The van der Waals surface area contributed by atoms with Crippen LogP contribution in [-0.4, -0.2) is 52.3 Å². The number of hydrogen-bond donors (Lipinski definition) is 1. The highest BCUT2D eigenvalue weighted by molar-refractivity contribution is 5.73. The maximum Gasteiger partial charge on any atom is 0.162 e. The van der Waals surface area contributed by atoms with Gasteiger partial charge in [0.2, 0.25) is 0 Å². The SMILES string of the molecule is COc1cc(N)c(N(C)C2CCN(C)CC2)cc1OC. The first-order valence-corrected chi connectivity index (χ1v) is 6.99. The Hall–Kier alpha value is -1.62. The molecular formula is C15H25N3O2. The minimum Gasteiger partial charge on any atom is -0.493 e. The van der Waals surface area contributed by atoms with Crippen molar-refractivity contribution in [3.63, 3.8) is 0 Å². The molecule has 5 heteroatoms. The van der Waals surface area contributed by atoms with Gasteiger partial charge in [-0.2, -0.15) is 0 Å². The molecule has 20 heavy (non-hydrogen) atoms. The zero-order chi connectivity index (χ0) is 14.7. The third-order valence-electron chi connectivity index (χ3n) is 4.15. The van der Waals surface area contributed by atoms with Crippen molar-refractivity contribution in [2.45, 2.75) is 18.9 Å². The van der Waals surface area contributed by atoms with Crippen LogP contribution >= 0.6 is 0 Å². The van der Waals surface area contributed by atoms with Crippen LogP contribution in [0.5, 0.6) is 11.5 Å². The summed E-state index contributed by atoms with van der Waals surface area (Å²) in [6, 6.07) is 4.32. The van der Waals surface area contributed by atoms with Crippen molar-refractivity contribution in [2.75, 3.05) is 52.0 Å². The van der Waals surface area contributed by atoms with Gasteiger partial charge >= 0.3 is 0 Å². The molecule has 1 aromatic carbocycles. The number of rotatable bonds is 4. The van der Waals surface area contributed by atoms with Crippen LogP contribution in [0.4, 0.5) is 11.4 Å². The predicted octanol–water partition coefficient (Wildman–Crippen LogP) is 1.82. The molecule has 1 heterocycles. The highest BCUT2D eigenvalue weighted by Crippen LogP contribution is 2.37. The normalized spacial score (nSPS) is 17.0. The summed E-state index contributed by atoms with van der Waals surface area (Å²) < 4.78 is 10.7. The Labute approximate surface area is 121 Å². The lowest BCUT2D eigenvalue weighted by molar-refractivity contribution is 0.253. The largest absolute Gasteiger partial charge is 0.493 e. The number of piperidine rings is 1. The Bertz CT molecular complexity index is 457. The van der Waals surface area contributed by atoms with E-state index in [1.165, 1.54) is 0 Å². The lowest BCUT2D eigenvalue weighted by Gasteiger charge is -2.37. The average Bonchev–Trinajstić information content (AvgIpc) is 2.47. The standard InChI is InChI=1S/C15H25N3O2/c1-17-7-5-11(6-8-17)18(2)13-10-15(20-4)14(19-3)9-12(13)16/h9-11H,5-8,16H2,1-4H3. The van der Waals surface area contributed by atoms with E-state index in [-0.39, 0.29) is 0 Å². The molecule has 0 aromatic heterocycles. The van der Waals surface area contributed by atoms with Crippen molar-refractivity contribution >= 4 is 11.4 Å². The molecule has 2 N–H and O–H groups in total. The fourth-order valence-corrected chi connectivity index (χ4v) is 2.77. The zero-order valence-electron chi connectivity index (χ0n) is 12.8. The Balaban J connectivity index is 2.23. The van der Waals surface area contributed by atoms with E-state index >= 15 is 0 Å². The van der Waals surface area contributed by atoms with Crippen LogP contribution in [0, 0.1) is 0 Å². The molecule has 0 spiro atoms. The highest BCUT2D eigenvalue weighted by Gasteiger charge is 2.23. The summed E-state index contributed by atoms with van der Waals surface area (Å²) in [5, 5.41) is 0. The van der Waals surface area contributed by atoms with Gasteiger partial charge in [0, 0.05) is 25.2 Å². The Kier molecular flexibility index (Phi) is 4.60. The molecule has 1 saturated heterocycles. The van der Waals surface area contributed by atoms with Gasteiger partial charge in [-0.3, -0.25) is 0 Å². The van der Waals surface area contributed by atoms with E-state index < -0.39 is 0 Å². The van der Waals surface area contributed by atoms with E-state index in [1.807, 2.05) is 12.1 Å². The van der Waals surface area contributed by atoms with E-state index in [0.29, 0.717) is 11.8 Å². The molecule has 1 aliphatic rings. The van der Waals surface area contributed by atoms with Gasteiger partial charge in [0.05, 0.1) is 25.6 Å². The van der Waals surface area contributed by atoms with Crippen LogP contribution in [0.25, 0.3) is 0 Å². The topological polar surface area (TPSA) is 51.0 Å². The Morgan fingerprint density at radius 2 is 1.70 bits per heavy atom. The smallest absolute Gasteiger partial charge is 0.162 e. The van der Waals surface area contributed by atoms with Crippen molar-refractivity contribution in [2.24, 2.45) is 0 Å². The van der Waals surface area contributed by atoms with E-state index in [2.05, 4.69) is 23.9 Å². The van der Waals surface area contributed by atoms with Gasteiger partial charge in [-0.1, -0.05) is 0 Å². The van der Waals surface area contributed by atoms with Gasteiger partial charge in [-0.25, -0.2) is 0 Å². The van der Waals surface area contributed by atoms with Gasteiger partial charge in [0.15, 0.2) is 11.5 Å². The highest BCUT2D eigenvalue weighted by atomic mass is 16.5. The first kappa shape index (κ1) is 14.8.